The van der Waals surface area contributed by atoms with Crippen molar-refractivity contribution in [3.8, 4) is 5.88 Å². The van der Waals surface area contributed by atoms with Gasteiger partial charge in [-0.2, -0.15) is 9.29 Å². The van der Waals surface area contributed by atoms with Gasteiger partial charge in [-0.1, -0.05) is 18.2 Å². The lowest BCUT2D eigenvalue weighted by molar-refractivity contribution is -0.115. The lowest BCUT2D eigenvalue weighted by atomic mass is 9.74. The van der Waals surface area contributed by atoms with Gasteiger partial charge in [0, 0.05) is 44.2 Å². The van der Waals surface area contributed by atoms with Crippen LogP contribution < -0.4 is 15.0 Å². The zero-order chi connectivity index (χ0) is 25.5. The molecule has 0 radical (unpaired) electrons. The van der Waals surface area contributed by atoms with E-state index < -0.39 is 21.2 Å². The highest BCUT2D eigenvalue weighted by Crippen LogP contribution is 2.43. The number of benzene rings is 1. The Labute approximate surface area is 213 Å². The summed E-state index contributed by atoms with van der Waals surface area (Å²) < 4.78 is 33.0. The fraction of sp³-hybridized carbons (Fsp3) is 0.391. The number of aromatic nitrogens is 2. The highest BCUT2D eigenvalue weighted by molar-refractivity contribution is 8.18. The summed E-state index contributed by atoms with van der Waals surface area (Å²) in [6.45, 7) is 3.22. The maximum atomic E-state index is 12.8. The Balaban J connectivity index is 1.30. The van der Waals surface area contributed by atoms with Crippen LogP contribution in [-0.2, 0) is 14.8 Å². The maximum absolute atomic E-state index is 12.8. The van der Waals surface area contributed by atoms with Crippen molar-refractivity contribution in [1.29, 1.82) is 0 Å². The van der Waals surface area contributed by atoms with E-state index in [1.165, 1.54) is 4.31 Å². The van der Waals surface area contributed by atoms with Crippen LogP contribution in [0.3, 0.4) is 0 Å². The van der Waals surface area contributed by atoms with E-state index in [0.717, 1.165) is 11.8 Å². The molecule has 1 N–H and O–H groups in total. The summed E-state index contributed by atoms with van der Waals surface area (Å²) in [5, 5.41) is 1.81. The lowest BCUT2D eigenvalue weighted by Gasteiger charge is -2.59. The van der Waals surface area contributed by atoms with Gasteiger partial charge in [-0.05, 0) is 44.1 Å². The van der Waals surface area contributed by atoms with Crippen molar-refractivity contribution in [2.45, 2.75) is 4.90 Å². The van der Waals surface area contributed by atoms with E-state index >= 15 is 0 Å². The van der Waals surface area contributed by atoms with Crippen LogP contribution in [0.4, 0.5) is 10.7 Å². The van der Waals surface area contributed by atoms with Gasteiger partial charge < -0.3 is 14.5 Å². The Morgan fingerprint density at radius 2 is 1.86 bits per heavy atom. The van der Waals surface area contributed by atoms with E-state index in [0.29, 0.717) is 61.7 Å². The van der Waals surface area contributed by atoms with Crippen LogP contribution in [0.25, 0.3) is 6.08 Å². The van der Waals surface area contributed by atoms with Crippen molar-refractivity contribution in [3.05, 3.63) is 47.0 Å². The second kappa shape index (κ2) is 9.47. The largest absolute Gasteiger partial charge is 0.476 e. The summed E-state index contributed by atoms with van der Waals surface area (Å²) in [6, 6.07) is 10.1. The van der Waals surface area contributed by atoms with Crippen LogP contribution in [0.1, 0.15) is 5.69 Å². The molecule has 1 aromatic heterocycles. The summed E-state index contributed by atoms with van der Waals surface area (Å²) in [5.41, 5.74) is 0.314. The van der Waals surface area contributed by atoms with E-state index in [2.05, 4.69) is 15.3 Å². The zero-order valence-electron chi connectivity index (χ0n) is 19.9. The first-order valence-electron chi connectivity index (χ1n) is 11.4. The van der Waals surface area contributed by atoms with Gasteiger partial charge in [0.15, 0.2) is 0 Å². The van der Waals surface area contributed by atoms with Gasteiger partial charge in [0.25, 0.3) is 11.1 Å². The SMILES string of the molecule is CN(C)CCOc1cc(/C=C2/SC(=O)NC2=O)nc(N2CC3(C2)CN(S(=O)(=O)c2ccccc2)C3)n1. The molecule has 2 amide bonds. The number of hydrogen-bond acceptors (Lipinski definition) is 10. The Kier molecular flexibility index (Phi) is 6.49. The highest BCUT2D eigenvalue weighted by Gasteiger charge is 2.56. The molecule has 3 aliphatic rings. The van der Waals surface area contributed by atoms with Crippen molar-refractivity contribution in [3.63, 3.8) is 0 Å². The number of amides is 2. The van der Waals surface area contributed by atoms with Crippen LogP contribution in [-0.4, -0.2) is 92.2 Å². The van der Waals surface area contributed by atoms with Crippen LogP contribution in [0, 0.1) is 5.41 Å². The van der Waals surface area contributed by atoms with Crippen molar-refractivity contribution >= 4 is 45.0 Å². The van der Waals surface area contributed by atoms with E-state index in [9.17, 15) is 18.0 Å². The second-order valence-electron chi connectivity index (χ2n) is 9.38. The van der Waals surface area contributed by atoms with E-state index in [4.69, 9.17) is 4.74 Å². The molecule has 3 aliphatic heterocycles. The average Bonchev–Trinajstić information content (AvgIpc) is 3.08. The summed E-state index contributed by atoms with van der Waals surface area (Å²) in [7, 11) is 0.381. The first-order chi connectivity index (χ1) is 17.1. The van der Waals surface area contributed by atoms with Gasteiger partial charge in [-0.25, -0.2) is 13.4 Å². The van der Waals surface area contributed by atoms with Crippen molar-refractivity contribution in [2.24, 2.45) is 5.41 Å². The van der Waals surface area contributed by atoms with Gasteiger partial charge in [0.1, 0.15) is 6.61 Å². The quantitative estimate of drug-likeness (QED) is 0.499. The minimum absolute atomic E-state index is 0.140. The third-order valence-electron chi connectivity index (χ3n) is 6.16. The fourth-order valence-electron chi connectivity index (χ4n) is 4.33. The molecule has 11 nitrogen and oxygen atoms in total. The molecule has 1 aromatic carbocycles. The van der Waals surface area contributed by atoms with Gasteiger partial charge >= 0.3 is 0 Å². The number of anilines is 1. The topological polar surface area (TPSA) is 125 Å². The number of thioether (sulfide) groups is 1. The van der Waals surface area contributed by atoms with E-state index in [1.54, 1.807) is 42.5 Å². The molecule has 0 aliphatic carbocycles. The molecule has 0 bridgehead atoms. The number of carbonyl (C=O) groups excluding carboxylic acids is 2. The first-order valence-corrected chi connectivity index (χ1v) is 13.6. The summed E-state index contributed by atoms with van der Waals surface area (Å²) in [5.74, 6) is 0.345. The Morgan fingerprint density at radius 1 is 1.14 bits per heavy atom. The third kappa shape index (κ3) is 4.96. The van der Waals surface area contributed by atoms with Crippen LogP contribution in [0.15, 0.2) is 46.2 Å². The summed E-state index contributed by atoms with van der Waals surface area (Å²) in [6.07, 6.45) is 1.54. The number of rotatable bonds is 8. The Bertz CT molecular complexity index is 1320. The van der Waals surface area contributed by atoms with Crippen LogP contribution in [0.2, 0.25) is 0 Å². The molecule has 190 valence electrons. The number of hydrogen-bond donors (Lipinski definition) is 1. The molecule has 0 atom stereocenters. The molecule has 5 rings (SSSR count). The average molecular weight is 531 g/mol. The number of sulfonamides is 1. The number of carbonyl (C=O) groups is 2. The molecule has 3 saturated heterocycles. The third-order valence-corrected chi connectivity index (χ3v) is 8.78. The molecule has 0 saturated carbocycles. The molecule has 4 heterocycles. The Morgan fingerprint density at radius 3 is 2.50 bits per heavy atom. The molecule has 13 heteroatoms. The molecule has 0 unspecified atom stereocenters. The van der Waals surface area contributed by atoms with E-state index in [1.807, 2.05) is 23.9 Å². The monoisotopic (exact) mass is 530 g/mol. The summed E-state index contributed by atoms with van der Waals surface area (Å²) in [4.78, 5) is 37.1. The standard InChI is InChI=1S/C23H26N6O5S2/c1-27(2)8-9-34-19-11-16(10-18-20(30)26-22(31)35-18)24-21(25-19)28-12-23(13-28)14-29(15-23)36(32,33)17-6-4-3-5-7-17/h3-7,10-11H,8-9,12-15H2,1-2H3,(H,26,30,31)/b18-10+. The molecule has 2 aromatic rings. The zero-order valence-corrected chi connectivity index (χ0v) is 21.5. The predicted molar refractivity (Wildman–Crippen MR) is 135 cm³/mol. The second-order valence-corrected chi connectivity index (χ2v) is 12.3. The van der Waals surface area contributed by atoms with Crippen molar-refractivity contribution in [1.82, 2.24) is 24.5 Å². The highest BCUT2D eigenvalue weighted by atomic mass is 32.2. The molecule has 36 heavy (non-hydrogen) atoms. The smallest absolute Gasteiger partial charge is 0.290 e. The van der Waals surface area contributed by atoms with Crippen molar-refractivity contribution < 1.29 is 22.7 Å². The minimum Gasteiger partial charge on any atom is -0.476 e. The fourth-order valence-corrected chi connectivity index (χ4v) is 6.68. The molecule has 3 fully saturated rings. The van der Waals surface area contributed by atoms with Crippen LogP contribution in [0.5, 0.6) is 5.88 Å². The van der Waals surface area contributed by atoms with E-state index in [-0.39, 0.29) is 10.3 Å². The van der Waals surface area contributed by atoms with Gasteiger partial charge in [0.05, 0.1) is 15.5 Å². The molecular weight excluding hydrogens is 504 g/mol. The number of nitrogens with one attached hydrogen (secondary N) is 1. The molecular formula is C23H26N6O5S2. The lowest BCUT2D eigenvalue weighted by Crippen LogP contribution is -2.73. The maximum Gasteiger partial charge on any atom is 0.290 e. The number of ether oxygens (including phenoxy) is 1. The van der Waals surface area contributed by atoms with Crippen molar-refractivity contribution in [2.75, 3.05) is 58.3 Å². The van der Waals surface area contributed by atoms with Gasteiger partial charge in [-0.3, -0.25) is 14.9 Å². The number of likely N-dealkylation sites (N-methyl/N-ethyl adjacent to an activating group) is 1. The molecule has 1 spiro atoms. The Hall–Kier alpha value is -3.00. The first kappa shape index (κ1) is 24.7. The van der Waals surface area contributed by atoms with Crippen LogP contribution >= 0.6 is 11.8 Å². The number of imide groups is 1. The van der Waals surface area contributed by atoms with Gasteiger partial charge in [0.2, 0.25) is 21.9 Å². The predicted octanol–water partition coefficient (Wildman–Crippen LogP) is 1.25. The number of nitrogens with zero attached hydrogens (tertiary/aromatic N) is 5. The minimum atomic E-state index is -3.50. The van der Waals surface area contributed by atoms with Gasteiger partial charge in [-0.15, -0.1) is 0 Å². The normalized spacial score (nSPS) is 20.5. The summed E-state index contributed by atoms with van der Waals surface area (Å²) >= 11 is 0.821.